The SMILES string of the molecule is COC(=O)OC(=NC(C)=N)c1ccccc1. The highest BCUT2D eigenvalue weighted by Crippen LogP contribution is 2.04. The van der Waals surface area contributed by atoms with Crippen LogP contribution in [0.25, 0.3) is 0 Å². The lowest BCUT2D eigenvalue weighted by Crippen LogP contribution is -2.14. The second-order valence-electron chi connectivity index (χ2n) is 2.92. The second-order valence-corrected chi connectivity index (χ2v) is 2.92. The van der Waals surface area contributed by atoms with E-state index >= 15 is 0 Å². The predicted octanol–water partition coefficient (Wildman–Crippen LogP) is 2.21. The average molecular weight is 220 g/mol. The van der Waals surface area contributed by atoms with Crippen LogP contribution in [0.2, 0.25) is 0 Å². The number of carbonyl (C=O) groups excluding carboxylic acids is 1. The molecule has 0 aliphatic rings. The Balaban J connectivity index is 2.98. The number of ether oxygens (including phenoxy) is 2. The third kappa shape index (κ3) is 3.53. The maximum Gasteiger partial charge on any atom is 0.514 e. The largest absolute Gasteiger partial charge is 0.514 e. The standard InChI is InChI=1S/C11H12N2O3/c1-8(12)13-10(16-11(14)15-2)9-6-4-3-5-7-9/h3-7,12H,1-2H3. The van der Waals surface area contributed by atoms with Crippen molar-refractivity contribution >= 4 is 17.9 Å². The van der Waals surface area contributed by atoms with E-state index in [9.17, 15) is 4.79 Å². The molecule has 0 aliphatic carbocycles. The van der Waals surface area contributed by atoms with Crippen molar-refractivity contribution in [3.8, 4) is 0 Å². The van der Waals surface area contributed by atoms with Gasteiger partial charge in [0.1, 0.15) is 5.84 Å². The number of hydrogen-bond acceptors (Lipinski definition) is 4. The molecule has 5 nitrogen and oxygen atoms in total. The van der Waals surface area contributed by atoms with Crippen LogP contribution in [-0.2, 0) is 9.47 Å². The Morgan fingerprint density at radius 2 is 1.94 bits per heavy atom. The van der Waals surface area contributed by atoms with Crippen molar-refractivity contribution in [1.82, 2.24) is 0 Å². The number of nitrogens with one attached hydrogen (secondary N) is 1. The summed E-state index contributed by atoms with van der Waals surface area (Å²) in [6.45, 7) is 1.49. The lowest BCUT2D eigenvalue weighted by molar-refractivity contribution is 0.118. The van der Waals surface area contributed by atoms with Crippen LogP contribution in [0, 0.1) is 5.41 Å². The van der Waals surface area contributed by atoms with E-state index in [0.29, 0.717) is 5.56 Å². The van der Waals surface area contributed by atoms with Crippen molar-refractivity contribution in [3.05, 3.63) is 35.9 Å². The zero-order chi connectivity index (χ0) is 12.0. The highest BCUT2D eigenvalue weighted by molar-refractivity contribution is 6.04. The molecule has 0 saturated carbocycles. The van der Waals surface area contributed by atoms with Crippen LogP contribution >= 0.6 is 0 Å². The summed E-state index contributed by atoms with van der Waals surface area (Å²) in [6.07, 6.45) is -0.858. The molecule has 0 aliphatic heterocycles. The van der Waals surface area contributed by atoms with Crippen LogP contribution in [0.3, 0.4) is 0 Å². The van der Waals surface area contributed by atoms with E-state index in [-0.39, 0.29) is 11.7 Å². The number of amidine groups is 1. The minimum atomic E-state index is -0.858. The summed E-state index contributed by atoms with van der Waals surface area (Å²) in [6, 6.07) is 8.85. The van der Waals surface area contributed by atoms with Gasteiger partial charge in [-0.25, -0.2) is 4.79 Å². The number of nitrogens with zero attached hydrogens (tertiary/aromatic N) is 1. The second kappa shape index (κ2) is 5.65. The van der Waals surface area contributed by atoms with E-state index in [0.717, 1.165) is 0 Å². The summed E-state index contributed by atoms with van der Waals surface area (Å²) in [4.78, 5) is 14.8. The van der Waals surface area contributed by atoms with Gasteiger partial charge in [0.2, 0.25) is 5.90 Å². The fourth-order valence-electron chi connectivity index (χ4n) is 1.000. The first kappa shape index (κ1) is 11.9. The van der Waals surface area contributed by atoms with Crippen LogP contribution in [0.5, 0.6) is 0 Å². The molecule has 0 unspecified atom stereocenters. The summed E-state index contributed by atoms with van der Waals surface area (Å²) >= 11 is 0. The summed E-state index contributed by atoms with van der Waals surface area (Å²) in [7, 11) is 1.21. The number of aliphatic imine (C=N–C) groups is 1. The Hall–Kier alpha value is -2.17. The summed E-state index contributed by atoms with van der Waals surface area (Å²) in [5.74, 6) is 0.0997. The van der Waals surface area contributed by atoms with Gasteiger partial charge in [0.15, 0.2) is 0 Å². The molecule has 5 heteroatoms. The van der Waals surface area contributed by atoms with Gasteiger partial charge in [-0.2, -0.15) is 4.99 Å². The molecule has 0 aromatic heterocycles. The Morgan fingerprint density at radius 3 is 2.44 bits per heavy atom. The van der Waals surface area contributed by atoms with E-state index in [4.69, 9.17) is 10.1 Å². The van der Waals surface area contributed by atoms with Crippen molar-refractivity contribution in [1.29, 1.82) is 5.41 Å². The van der Waals surface area contributed by atoms with Gasteiger partial charge >= 0.3 is 6.16 Å². The monoisotopic (exact) mass is 220 g/mol. The Morgan fingerprint density at radius 1 is 1.31 bits per heavy atom. The Labute approximate surface area is 93.2 Å². The third-order valence-corrected chi connectivity index (χ3v) is 1.64. The molecular weight excluding hydrogens is 208 g/mol. The number of rotatable bonds is 1. The predicted molar refractivity (Wildman–Crippen MR) is 59.9 cm³/mol. The summed E-state index contributed by atoms with van der Waals surface area (Å²) in [5.41, 5.74) is 0.611. The normalized spacial score (nSPS) is 10.8. The van der Waals surface area contributed by atoms with Gasteiger partial charge in [-0.1, -0.05) is 18.2 Å². The molecular formula is C11H12N2O3. The van der Waals surface area contributed by atoms with Crippen LogP contribution in [0.4, 0.5) is 4.79 Å². The van der Waals surface area contributed by atoms with Gasteiger partial charge in [-0.15, -0.1) is 0 Å². The highest BCUT2D eigenvalue weighted by Gasteiger charge is 2.11. The number of methoxy groups -OCH3 is 1. The number of hydrogen-bond donors (Lipinski definition) is 1. The first-order valence-electron chi connectivity index (χ1n) is 4.58. The molecule has 0 fully saturated rings. The number of carbonyl (C=O) groups is 1. The van der Waals surface area contributed by atoms with Gasteiger partial charge in [0, 0.05) is 5.56 Å². The quantitative estimate of drug-likeness (QED) is 0.448. The zero-order valence-corrected chi connectivity index (χ0v) is 9.06. The third-order valence-electron chi connectivity index (χ3n) is 1.64. The average Bonchev–Trinajstić information content (AvgIpc) is 2.28. The van der Waals surface area contributed by atoms with Crippen LogP contribution in [0.1, 0.15) is 12.5 Å². The molecule has 1 N–H and O–H groups in total. The smallest absolute Gasteiger partial charge is 0.437 e. The lowest BCUT2D eigenvalue weighted by atomic mass is 10.2. The van der Waals surface area contributed by atoms with Crippen molar-refractivity contribution in [3.63, 3.8) is 0 Å². The van der Waals surface area contributed by atoms with E-state index in [2.05, 4.69) is 9.73 Å². The van der Waals surface area contributed by atoms with Crippen LogP contribution in [-0.4, -0.2) is 25.0 Å². The maximum absolute atomic E-state index is 11.0. The fourth-order valence-corrected chi connectivity index (χ4v) is 1.000. The minimum absolute atomic E-state index is 0.0442. The van der Waals surface area contributed by atoms with Crippen molar-refractivity contribution in [2.24, 2.45) is 4.99 Å². The highest BCUT2D eigenvalue weighted by atomic mass is 16.7. The first-order chi connectivity index (χ1) is 7.63. The first-order valence-corrected chi connectivity index (χ1v) is 4.58. The topological polar surface area (TPSA) is 71.7 Å². The lowest BCUT2D eigenvalue weighted by Gasteiger charge is -2.05. The van der Waals surface area contributed by atoms with E-state index in [1.807, 2.05) is 6.07 Å². The van der Waals surface area contributed by atoms with Gasteiger partial charge in [-0.3, -0.25) is 5.41 Å². The van der Waals surface area contributed by atoms with Gasteiger partial charge < -0.3 is 9.47 Å². The Kier molecular flexibility index (Phi) is 4.20. The van der Waals surface area contributed by atoms with Gasteiger partial charge in [0.25, 0.3) is 0 Å². The Bertz CT molecular complexity index is 412. The fraction of sp³-hybridized carbons (Fsp3) is 0.182. The zero-order valence-electron chi connectivity index (χ0n) is 9.06. The molecule has 0 radical (unpaired) electrons. The van der Waals surface area contributed by atoms with Crippen molar-refractivity contribution in [2.45, 2.75) is 6.92 Å². The molecule has 16 heavy (non-hydrogen) atoms. The van der Waals surface area contributed by atoms with Crippen molar-refractivity contribution < 1.29 is 14.3 Å². The maximum atomic E-state index is 11.0. The molecule has 0 atom stereocenters. The van der Waals surface area contributed by atoms with Gasteiger partial charge in [-0.05, 0) is 19.1 Å². The molecule has 0 heterocycles. The molecule has 1 aromatic rings. The molecule has 1 rings (SSSR count). The van der Waals surface area contributed by atoms with E-state index < -0.39 is 6.16 Å². The molecule has 0 spiro atoms. The van der Waals surface area contributed by atoms with Gasteiger partial charge in [0.05, 0.1) is 7.11 Å². The minimum Gasteiger partial charge on any atom is -0.437 e. The van der Waals surface area contributed by atoms with E-state index in [1.165, 1.54) is 14.0 Å². The summed E-state index contributed by atoms with van der Waals surface area (Å²) in [5, 5.41) is 7.26. The van der Waals surface area contributed by atoms with Crippen LogP contribution < -0.4 is 0 Å². The number of benzene rings is 1. The summed E-state index contributed by atoms with van der Waals surface area (Å²) < 4.78 is 9.22. The van der Waals surface area contributed by atoms with Crippen LogP contribution in [0.15, 0.2) is 35.3 Å². The van der Waals surface area contributed by atoms with Crippen molar-refractivity contribution in [2.75, 3.05) is 7.11 Å². The molecule has 84 valence electrons. The molecule has 1 aromatic carbocycles. The molecule has 0 bridgehead atoms. The molecule has 0 amide bonds. The molecule has 0 saturated heterocycles. The van der Waals surface area contributed by atoms with E-state index in [1.54, 1.807) is 24.3 Å².